The van der Waals surface area contributed by atoms with E-state index in [0.29, 0.717) is 6.54 Å². The van der Waals surface area contributed by atoms with Crippen LogP contribution >= 0.6 is 0 Å². The summed E-state index contributed by atoms with van der Waals surface area (Å²) >= 11 is 0. The lowest BCUT2D eigenvalue weighted by Crippen LogP contribution is -2.39. The van der Waals surface area contributed by atoms with E-state index in [1.807, 2.05) is 6.07 Å². The predicted molar refractivity (Wildman–Crippen MR) is 87.5 cm³/mol. The van der Waals surface area contributed by atoms with Gasteiger partial charge in [0.05, 0.1) is 0 Å². The Morgan fingerprint density at radius 3 is 2.64 bits per heavy atom. The standard InChI is InChI=1S/C18H26N2O2/c1-14-6-5-7-15(12-14)10-11-19-17(21)13-18(22)20-16-8-3-2-4-9-16/h5-7,12,16H,2-4,8-11,13H2,1H3,(H,19,21)(H,20,22). The largest absolute Gasteiger partial charge is 0.355 e. The maximum atomic E-state index is 11.8. The summed E-state index contributed by atoms with van der Waals surface area (Å²) in [5, 5.41) is 5.78. The van der Waals surface area contributed by atoms with Crippen molar-refractivity contribution in [2.24, 2.45) is 0 Å². The molecule has 1 aromatic rings. The second kappa shape index (κ2) is 8.57. The van der Waals surface area contributed by atoms with Crippen molar-refractivity contribution >= 4 is 11.8 Å². The first-order valence-corrected chi connectivity index (χ1v) is 8.25. The Hall–Kier alpha value is -1.84. The Kier molecular flexibility index (Phi) is 6.44. The van der Waals surface area contributed by atoms with Gasteiger partial charge in [-0.15, -0.1) is 0 Å². The van der Waals surface area contributed by atoms with Gasteiger partial charge in [0.1, 0.15) is 6.42 Å². The predicted octanol–water partition coefficient (Wildman–Crippen LogP) is 2.49. The summed E-state index contributed by atoms with van der Waals surface area (Å²) in [6, 6.07) is 8.50. The first-order chi connectivity index (χ1) is 10.6. The molecule has 0 bridgehead atoms. The number of rotatable bonds is 6. The number of hydrogen-bond acceptors (Lipinski definition) is 2. The molecule has 1 aliphatic rings. The lowest BCUT2D eigenvalue weighted by molar-refractivity contribution is -0.129. The van der Waals surface area contributed by atoms with Crippen molar-refractivity contribution in [3.63, 3.8) is 0 Å². The van der Waals surface area contributed by atoms with Gasteiger partial charge in [-0.2, -0.15) is 0 Å². The summed E-state index contributed by atoms with van der Waals surface area (Å²) in [6.45, 7) is 2.62. The molecule has 1 saturated carbocycles. The third-order valence-electron chi connectivity index (χ3n) is 4.11. The number of benzene rings is 1. The number of carbonyl (C=O) groups excluding carboxylic acids is 2. The van der Waals surface area contributed by atoms with Gasteiger partial charge in [-0.3, -0.25) is 9.59 Å². The summed E-state index contributed by atoms with van der Waals surface area (Å²) in [4.78, 5) is 23.6. The summed E-state index contributed by atoms with van der Waals surface area (Å²) in [5.74, 6) is -0.346. The normalized spacial score (nSPS) is 15.3. The molecule has 0 atom stereocenters. The number of carbonyl (C=O) groups is 2. The molecule has 0 spiro atoms. The molecule has 4 heteroatoms. The third kappa shape index (κ3) is 5.88. The Morgan fingerprint density at radius 1 is 1.14 bits per heavy atom. The van der Waals surface area contributed by atoms with Gasteiger partial charge in [-0.1, -0.05) is 49.1 Å². The highest BCUT2D eigenvalue weighted by molar-refractivity contribution is 5.96. The van der Waals surface area contributed by atoms with Crippen LogP contribution < -0.4 is 10.6 Å². The van der Waals surface area contributed by atoms with Crippen LogP contribution in [0.4, 0.5) is 0 Å². The van der Waals surface area contributed by atoms with E-state index >= 15 is 0 Å². The van der Waals surface area contributed by atoms with Gasteiger partial charge in [0.15, 0.2) is 0 Å². The van der Waals surface area contributed by atoms with E-state index in [-0.39, 0.29) is 24.3 Å². The van der Waals surface area contributed by atoms with E-state index in [4.69, 9.17) is 0 Å². The fourth-order valence-electron chi connectivity index (χ4n) is 2.95. The first kappa shape index (κ1) is 16.5. The average Bonchev–Trinajstić information content (AvgIpc) is 2.48. The van der Waals surface area contributed by atoms with Crippen LogP contribution in [0, 0.1) is 6.92 Å². The summed E-state index contributed by atoms with van der Waals surface area (Å²) in [7, 11) is 0. The van der Waals surface area contributed by atoms with Gasteiger partial charge in [0.25, 0.3) is 0 Å². The van der Waals surface area contributed by atoms with Gasteiger partial charge in [-0.25, -0.2) is 0 Å². The molecule has 4 nitrogen and oxygen atoms in total. The highest BCUT2D eigenvalue weighted by atomic mass is 16.2. The second-order valence-electron chi connectivity index (χ2n) is 6.17. The van der Waals surface area contributed by atoms with E-state index in [9.17, 15) is 9.59 Å². The molecule has 1 fully saturated rings. The zero-order valence-corrected chi connectivity index (χ0v) is 13.4. The molecule has 0 radical (unpaired) electrons. The summed E-state index contributed by atoms with van der Waals surface area (Å²) < 4.78 is 0. The van der Waals surface area contributed by atoms with E-state index in [2.05, 4.69) is 35.8 Å². The molecule has 0 saturated heterocycles. The maximum absolute atomic E-state index is 11.8. The van der Waals surface area contributed by atoms with Gasteiger partial charge in [0, 0.05) is 12.6 Å². The quantitative estimate of drug-likeness (QED) is 0.793. The summed E-state index contributed by atoms with van der Waals surface area (Å²) in [6.07, 6.45) is 6.41. The number of amides is 2. The van der Waals surface area contributed by atoms with Crippen LogP contribution in [0.3, 0.4) is 0 Å². The lowest BCUT2D eigenvalue weighted by atomic mass is 9.95. The Morgan fingerprint density at radius 2 is 1.91 bits per heavy atom. The van der Waals surface area contributed by atoms with Crippen molar-refractivity contribution in [1.82, 2.24) is 10.6 Å². The van der Waals surface area contributed by atoms with E-state index < -0.39 is 0 Å². The zero-order chi connectivity index (χ0) is 15.8. The van der Waals surface area contributed by atoms with Crippen molar-refractivity contribution in [2.75, 3.05) is 6.54 Å². The van der Waals surface area contributed by atoms with Gasteiger partial charge in [0.2, 0.25) is 11.8 Å². The Bertz CT molecular complexity index is 508. The third-order valence-corrected chi connectivity index (χ3v) is 4.11. The van der Waals surface area contributed by atoms with E-state index in [1.165, 1.54) is 30.4 Å². The first-order valence-electron chi connectivity index (χ1n) is 8.25. The Labute approximate surface area is 132 Å². The monoisotopic (exact) mass is 302 g/mol. The van der Waals surface area contributed by atoms with Crippen molar-refractivity contribution in [3.8, 4) is 0 Å². The van der Waals surface area contributed by atoms with Crippen molar-refractivity contribution < 1.29 is 9.59 Å². The zero-order valence-electron chi connectivity index (χ0n) is 13.4. The second-order valence-corrected chi connectivity index (χ2v) is 6.17. The van der Waals surface area contributed by atoms with Crippen LogP contribution in [-0.2, 0) is 16.0 Å². The molecule has 1 aromatic carbocycles. The SMILES string of the molecule is Cc1cccc(CCNC(=O)CC(=O)NC2CCCCC2)c1. The topological polar surface area (TPSA) is 58.2 Å². The maximum Gasteiger partial charge on any atom is 0.229 e. The molecule has 0 heterocycles. The summed E-state index contributed by atoms with van der Waals surface area (Å²) in [5.41, 5.74) is 2.42. The van der Waals surface area contributed by atoms with Crippen LogP contribution in [0.1, 0.15) is 49.7 Å². The average molecular weight is 302 g/mol. The highest BCUT2D eigenvalue weighted by Gasteiger charge is 2.17. The smallest absolute Gasteiger partial charge is 0.229 e. The van der Waals surface area contributed by atoms with Crippen LogP contribution in [0.2, 0.25) is 0 Å². The number of hydrogen-bond donors (Lipinski definition) is 2. The molecule has 0 aliphatic heterocycles. The Balaban J connectivity index is 1.63. The molecule has 0 aromatic heterocycles. The minimum atomic E-state index is -0.194. The van der Waals surface area contributed by atoms with Crippen LogP contribution in [-0.4, -0.2) is 24.4 Å². The molecule has 0 unspecified atom stereocenters. The molecule has 120 valence electrons. The lowest BCUT2D eigenvalue weighted by Gasteiger charge is -2.22. The molecule has 2 N–H and O–H groups in total. The minimum Gasteiger partial charge on any atom is -0.355 e. The molecular weight excluding hydrogens is 276 g/mol. The van der Waals surface area contributed by atoms with Gasteiger partial charge in [-0.05, 0) is 31.7 Å². The van der Waals surface area contributed by atoms with Crippen molar-refractivity contribution in [2.45, 2.75) is 57.9 Å². The van der Waals surface area contributed by atoms with E-state index in [1.54, 1.807) is 0 Å². The molecular formula is C18H26N2O2. The van der Waals surface area contributed by atoms with Crippen LogP contribution in [0.25, 0.3) is 0 Å². The molecule has 1 aliphatic carbocycles. The van der Waals surface area contributed by atoms with Gasteiger partial charge >= 0.3 is 0 Å². The fraction of sp³-hybridized carbons (Fsp3) is 0.556. The number of aryl methyl sites for hydroxylation is 1. The molecule has 22 heavy (non-hydrogen) atoms. The van der Waals surface area contributed by atoms with Gasteiger partial charge < -0.3 is 10.6 Å². The van der Waals surface area contributed by atoms with Crippen LogP contribution in [0.5, 0.6) is 0 Å². The number of nitrogens with one attached hydrogen (secondary N) is 2. The van der Waals surface area contributed by atoms with Crippen molar-refractivity contribution in [1.29, 1.82) is 0 Å². The molecule has 2 rings (SSSR count). The molecule has 2 amide bonds. The minimum absolute atomic E-state index is 0.0652. The van der Waals surface area contributed by atoms with Crippen molar-refractivity contribution in [3.05, 3.63) is 35.4 Å². The highest BCUT2D eigenvalue weighted by Crippen LogP contribution is 2.17. The van der Waals surface area contributed by atoms with E-state index in [0.717, 1.165) is 19.3 Å². The van der Waals surface area contributed by atoms with Crippen LogP contribution in [0.15, 0.2) is 24.3 Å². The fourth-order valence-corrected chi connectivity index (χ4v) is 2.95.